The highest BCUT2D eigenvalue weighted by molar-refractivity contribution is 6.34. The minimum Gasteiger partial charge on any atom is -0.482 e. The molecule has 1 fully saturated rings. The van der Waals surface area contributed by atoms with Crippen molar-refractivity contribution in [3.8, 4) is 5.75 Å². The van der Waals surface area contributed by atoms with Crippen molar-refractivity contribution in [1.29, 1.82) is 0 Å². The molecule has 9 heteroatoms. The molecule has 0 saturated carbocycles. The summed E-state index contributed by atoms with van der Waals surface area (Å²) < 4.78 is 10.8. The summed E-state index contributed by atoms with van der Waals surface area (Å²) in [5.74, 6) is 0.770. The second-order valence-electron chi connectivity index (χ2n) is 7.43. The van der Waals surface area contributed by atoms with Gasteiger partial charge in [-0.15, -0.1) is 0 Å². The quantitative estimate of drug-likeness (QED) is 0.670. The number of rotatable bonds is 6. The van der Waals surface area contributed by atoms with Crippen LogP contribution in [0.15, 0.2) is 12.1 Å². The minimum absolute atomic E-state index is 0.0588. The maximum absolute atomic E-state index is 12.4. The number of fused-ring (bicyclic) bond motifs is 1. The van der Waals surface area contributed by atoms with E-state index in [9.17, 15) is 9.59 Å². The number of hydrogen-bond acceptors (Lipinski definition) is 5. The van der Waals surface area contributed by atoms with Crippen molar-refractivity contribution in [1.82, 2.24) is 10.2 Å². The molecule has 1 unspecified atom stereocenters. The van der Waals surface area contributed by atoms with Crippen LogP contribution in [0.3, 0.4) is 0 Å². The van der Waals surface area contributed by atoms with Crippen LogP contribution >= 0.6 is 11.6 Å². The van der Waals surface area contributed by atoms with E-state index >= 15 is 0 Å². The van der Waals surface area contributed by atoms with E-state index in [1.54, 1.807) is 12.1 Å². The van der Waals surface area contributed by atoms with Crippen molar-refractivity contribution in [2.45, 2.75) is 26.3 Å². The maximum atomic E-state index is 12.4. The van der Waals surface area contributed by atoms with Gasteiger partial charge in [0.2, 0.25) is 0 Å². The van der Waals surface area contributed by atoms with Crippen LogP contribution in [0.25, 0.3) is 0 Å². The van der Waals surface area contributed by atoms with E-state index in [2.05, 4.69) is 34.7 Å². The first-order valence-corrected chi connectivity index (χ1v) is 9.93. The number of amides is 3. The molecule has 0 radical (unpaired) electrons. The van der Waals surface area contributed by atoms with Crippen LogP contribution in [0, 0.1) is 5.92 Å². The number of urea groups is 1. The van der Waals surface area contributed by atoms with E-state index in [4.69, 9.17) is 21.1 Å². The van der Waals surface area contributed by atoms with Gasteiger partial charge in [0, 0.05) is 31.7 Å². The van der Waals surface area contributed by atoms with E-state index in [0.29, 0.717) is 34.6 Å². The average molecular weight is 411 g/mol. The second kappa shape index (κ2) is 9.45. The van der Waals surface area contributed by atoms with E-state index in [0.717, 1.165) is 32.7 Å². The molecule has 1 aromatic rings. The molecule has 1 aromatic carbocycles. The van der Waals surface area contributed by atoms with Gasteiger partial charge in [0.05, 0.1) is 29.6 Å². The third-order valence-electron chi connectivity index (χ3n) is 4.75. The summed E-state index contributed by atoms with van der Waals surface area (Å²) in [4.78, 5) is 26.2. The van der Waals surface area contributed by atoms with Crippen LogP contribution in [0.5, 0.6) is 5.75 Å². The minimum atomic E-state index is -0.330. The molecule has 0 aliphatic carbocycles. The zero-order valence-electron chi connectivity index (χ0n) is 16.2. The Hall–Kier alpha value is -2.03. The highest BCUT2D eigenvalue weighted by Crippen LogP contribution is 2.36. The van der Waals surface area contributed by atoms with Gasteiger partial charge in [-0.2, -0.15) is 0 Å². The van der Waals surface area contributed by atoms with Crippen LogP contribution in [0.4, 0.5) is 16.2 Å². The van der Waals surface area contributed by atoms with Crippen molar-refractivity contribution in [2.75, 3.05) is 50.1 Å². The van der Waals surface area contributed by atoms with Gasteiger partial charge in [-0.05, 0) is 18.4 Å². The molecule has 0 aromatic heterocycles. The van der Waals surface area contributed by atoms with E-state index in [-0.39, 0.29) is 24.6 Å². The highest BCUT2D eigenvalue weighted by atomic mass is 35.5. The summed E-state index contributed by atoms with van der Waals surface area (Å²) in [6.07, 6.45) is 0.993. The number of morpholine rings is 1. The smallest absolute Gasteiger partial charge is 0.319 e. The summed E-state index contributed by atoms with van der Waals surface area (Å²) in [6.45, 7) is 8.04. The molecule has 0 spiro atoms. The number of hydrogen-bond donors (Lipinski definition) is 3. The predicted molar refractivity (Wildman–Crippen MR) is 108 cm³/mol. The molecule has 3 rings (SSSR count). The molecule has 1 saturated heterocycles. The molecular weight excluding hydrogens is 384 g/mol. The van der Waals surface area contributed by atoms with Crippen LogP contribution in [0.1, 0.15) is 20.3 Å². The Bertz CT molecular complexity index is 722. The number of halogens is 1. The SMILES string of the molecule is CC(C)CC(CNC(=O)Nc1cc2c(cc1Cl)NC(=O)CO2)N1CCOCC1. The van der Waals surface area contributed by atoms with E-state index in [1.165, 1.54) is 0 Å². The van der Waals surface area contributed by atoms with E-state index < -0.39 is 0 Å². The molecule has 8 nitrogen and oxygen atoms in total. The number of ether oxygens (including phenoxy) is 2. The van der Waals surface area contributed by atoms with Crippen LogP contribution < -0.4 is 20.7 Å². The summed E-state index contributed by atoms with van der Waals surface area (Å²) in [7, 11) is 0. The number of carbonyl (C=O) groups excluding carboxylic acids is 2. The molecule has 2 heterocycles. The third kappa shape index (κ3) is 5.50. The fourth-order valence-electron chi connectivity index (χ4n) is 3.42. The lowest BCUT2D eigenvalue weighted by Crippen LogP contribution is -2.49. The van der Waals surface area contributed by atoms with Gasteiger partial charge < -0.3 is 25.4 Å². The van der Waals surface area contributed by atoms with Gasteiger partial charge >= 0.3 is 6.03 Å². The van der Waals surface area contributed by atoms with Crippen LogP contribution in [-0.2, 0) is 9.53 Å². The van der Waals surface area contributed by atoms with Crippen LogP contribution in [0.2, 0.25) is 5.02 Å². The van der Waals surface area contributed by atoms with E-state index in [1.807, 2.05) is 0 Å². The summed E-state index contributed by atoms with van der Waals surface area (Å²) in [5.41, 5.74) is 0.928. The third-order valence-corrected chi connectivity index (χ3v) is 5.07. The first-order chi connectivity index (χ1) is 13.4. The monoisotopic (exact) mass is 410 g/mol. The van der Waals surface area contributed by atoms with Crippen molar-refractivity contribution >= 4 is 34.9 Å². The first kappa shape index (κ1) is 20.7. The van der Waals surface area contributed by atoms with Gasteiger partial charge in [0.15, 0.2) is 6.61 Å². The summed E-state index contributed by atoms with van der Waals surface area (Å²) in [6, 6.07) is 3.11. The largest absolute Gasteiger partial charge is 0.482 e. The van der Waals surface area contributed by atoms with Crippen molar-refractivity contribution in [3.63, 3.8) is 0 Å². The van der Waals surface area contributed by atoms with Gasteiger partial charge in [-0.3, -0.25) is 9.69 Å². The molecule has 1 atom stereocenters. The van der Waals surface area contributed by atoms with Crippen molar-refractivity contribution < 1.29 is 19.1 Å². The Morgan fingerprint density at radius 1 is 1.32 bits per heavy atom. The molecule has 3 N–H and O–H groups in total. The lowest BCUT2D eigenvalue weighted by molar-refractivity contribution is -0.118. The fraction of sp³-hybridized carbons (Fsp3) is 0.579. The standard InChI is InChI=1S/C19H27ClN4O4/c1-12(2)7-13(24-3-5-27-6-4-24)10-21-19(26)23-15-9-17-16(8-14(15)20)22-18(25)11-28-17/h8-9,12-13H,3-7,10-11H2,1-2H3,(H,22,25)(H2,21,23,26). The molecule has 0 bridgehead atoms. The predicted octanol–water partition coefficient (Wildman–Crippen LogP) is 2.54. The number of nitrogens with one attached hydrogen (secondary N) is 3. The number of carbonyl (C=O) groups is 2. The molecule has 2 aliphatic rings. The van der Waals surface area contributed by atoms with Gasteiger partial charge in [-0.1, -0.05) is 25.4 Å². The molecule has 154 valence electrons. The van der Waals surface area contributed by atoms with Gasteiger partial charge in [0.1, 0.15) is 5.75 Å². The molecule has 2 aliphatic heterocycles. The Morgan fingerprint density at radius 3 is 2.79 bits per heavy atom. The molecule has 28 heavy (non-hydrogen) atoms. The fourth-order valence-corrected chi connectivity index (χ4v) is 3.63. The number of benzene rings is 1. The zero-order valence-corrected chi connectivity index (χ0v) is 17.0. The summed E-state index contributed by atoms with van der Waals surface area (Å²) in [5, 5.41) is 8.72. The van der Waals surface area contributed by atoms with Crippen molar-refractivity contribution in [3.05, 3.63) is 17.2 Å². The highest BCUT2D eigenvalue weighted by Gasteiger charge is 2.23. The Kier molecular flexibility index (Phi) is 6.98. The Morgan fingerprint density at radius 2 is 2.07 bits per heavy atom. The zero-order chi connectivity index (χ0) is 20.1. The second-order valence-corrected chi connectivity index (χ2v) is 7.84. The average Bonchev–Trinajstić information content (AvgIpc) is 2.66. The normalized spacial score (nSPS) is 18.1. The van der Waals surface area contributed by atoms with Gasteiger partial charge in [-0.25, -0.2) is 4.79 Å². The molecular formula is C19H27ClN4O4. The van der Waals surface area contributed by atoms with Crippen molar-refractivity contribution in [2.24, 2.45) is 5.92 Å². The van der Waals surface area contributed by atoms with Gasteiger partial charge in [0.25, 0.3) is 5.91 Å². The Balaban J connectivity index is 1.59. The number of anilines is 2. The Labute approximate surface area is 169 Å². The topological polar surface area (TPSA) is 91.9 Å². The number of nitrogens with zero attached hydrogens (tertiary/aromatic N) is 1. The lowest BCUT2D eigenvalue weighted by Gasteiger charge is -2.35. The van der Waals surface area contributed by atoms with Crippen LogP contribution in [-0.4, -0.2) is 62.3 Å². The summed E-state index contributed by atoms with van der Waals surface area (Å²) >= 11 is 6.23. The first-order valence-electron chi connectivity index (χ1n) is 9.55. The molecule has 3 amide bonds. The lowest BCUT2D eigenvalue weighted by atomic mass is 10.0. The maximum Gasteiger partial charge on any atom is 0.319 e.